The Bertz CT molecular complexity index is 1500. The highest BCUT2D eigenvalue weighted by atomic mass is 32.2. The summed E-state index contributed by atoms with van der Waals surface area (Å²) >= 11 is 0. The van der Waals surface area contributed by atoms with Crippen LogP contribution in [0.15, 0.2) is 47.4 Å². The minimum Gasteiger partial charge on any atom is -0.495 e. The Morgan fingerprint density at radius 1 is 1.13 bits per heavy atom. The summed E-state index contributed by atoms with van der Waals surface area (Å²) < 4.78 is 71.0. The number of fused-ring (bicyclic) bond motifs is 1. The van der Waals surface area contributed by atoms with Crippen LogP contribution in [0.25, 0.3) is 10.9 Å². The quantitative estimate of drug-likeness (QED) is 0.377. The second-order valence-electron chi connectivity index (χ2n) is 10.2. The van der Waals surface area contributed by atoms with E-state index in [1.165, 1.54) is 23.8 Å². The molecule has 1 aliphatic rings. The first kappa shape index (κ1) is 28.8. The van der Waals surface area contributed by atoms with E-state index in [1.807, 2.05) is 12.1 Å². The van der Waals surface area contributed by atoms with Crippen LogP contribution in [0.5, 0.6) is 5.75 Å². The molecule has 1 aromatic heterocycles. The SMILES string of the molecule is COc1cc(S(C)(=O)=O)ccc1NCC#Cc1cc2c(C3CCCC[C@@H]3N(C)C)cccc2n1CC(F)(F)F. The number of nitrogens with one attached hydrogen (secondary N) is 1. The maximum Gasteiger partial charge on any atom is 0.406 e. The molecule has 210 valence electrons. The van der Waals surface area contributed by atoms with Crippen LogP contribution in [0, 0.1) is 11.8 Å². The minimum atomic E-state index is -4.40. The van der Waals surface area contributed by atoms with Gasteiger partial charge in [-0.15, -0.1) is 0 Å². The molecule has 1 aliphatic carbocycles. The van der Waals surface area contributed by atoms with Gasteiger partial charge in [-0.1, -0.05) is 30.9 Å². The molecule has 0 spiro atoms. The van der Waals surface area contributed by atoms with Crippen LogP contribution in [-0.2, 0) is 16.4 Å². The molecule has 1 heterocycles. The molecule has 6 nitrogen and oxygen atoms in total. The number of halogens is 3. The van der Waals surface area contributed by atoms with Crippen molar-refractivity contribution in [3.05, 3.63) is 53.7 Å². The van der Waals surface area contributed by atoms with E-state index >= 15 is 0 Å². The molecule has 0 radical (unpaired) electrons. The van der Waals surface area contributed by atoms with Crippen molar-refractivity contribution in [1.82, 2.24) is 9.47 Å². The predicted octanol–water partition coefficient (Wildman–Crippen LogP) is 5.67. The van der Waals surface area contributed by atoms with Crippen molar-refractivity contribution in [1.29, 1.82) is 0 Å². The fourth-order valence-electron chi connectivity index (χ4n) is 5.50. The third-order valence-corrected chi connectivity index (χ3v) is 8.40. The van der Waals surface area contributed by atoms with Crippen molar-refractivity contribution in [2.45, 2.75) is 55.3 Å². The molecule has 1 unspecified atom stereocenters. The number of hydrogen-bond donors (Lipinski definition) is 1. The second-order valence-corrected chi connectivity index (χ2v) is 12.2. The first-order valence-corrected chi connectivity index (χ1v) is 14.7. The molecular formula is C29H34F3N3O3S. The smallest absolute Gasteiger partial charge is 0.406 e. The number of methoxy groups -OCH3 is 1. The van der Waals surface area contributed by atoms with Crippen molar-refractivity contribution in [3.63, 3.8) is 0 Å². The topological polar surface area (TPSA) is 63.6 Å². The maximum absolute atomic E-state index is 13.6. The minimum absolute atomic E-state index is 0.123. The van der Waals surface area contributed by atoms with E-state index < -0.39 is 22.6 Å². The molecule has 2 atom stereocenters. The molecule has 3 aromatic rings. The van der Waals surface area contributed by atoms with Gasteiger partial charge in [0.1, 0.15) is 12.3 Å². The number of anilines is 1. The van der Waals surface area contributed by atoms with Gasteiger partial charge in [-0.05, 0) is 62.7 Å². The molecule has 0 bridgehead atoms. The zero-order chi connectivity index (χ0) is 28.4. The normalized spacial score (nSPS) is 18.2. The highest BCUT2D eigenvalue weighted by Gasteiger charge is 2.32. The number of nitrogens with zero attached hydrogens (tertiary/aromatic N) is 2. The van der Waals surface area contributed by atoms with Gasteiger partial charge in [-0.25, -0.2) is 8.42 Å². The number of likely N-dealkylation sites (N-methyl/N-ethyl adjacent to an activating group) is 1. The van der Waals surface area contributed by atoms with E-state index in [9.17, 15) is 21.6 Å². The zero-order valence-corrected chi connectivity index (χ0v) is 23.4. The molecule has 4 rings (SSSR count). The second kappa shape index (κ2) is 11.5. The van der Waals surface area contributed by atoms with Crippen LogP contribution in [-0.4, -0.2) is 64.1 Å². The summed E-state index contributed by atoms with van der Waals surface area (Å²) in [6, 6.07) is 12.2. The standard InChI is InChI=1S/C29H34F3N3O3S/c1-34(2)26-12-6-5-10-23(26)22-11-7-13-27-24(22)17-20(35(27)19-29(30,31)32)9-8-16-33-25-15-14-21(39(4,36)37)18-28(25)38-3/h7,11,13-15,17-18,23,26,33H,5-6,10,12,16,19H2,1-4H3/t23?,26-/m0/s1. The van der Waals surface area contributed by atoms with Gasteiger partial charge in [0.15, 0.2) is 9.84 Å². The number of benzene rings is 2. The van der Waals surface area contributed by atoms with E-state index in [1.54, 1.807) is 18.2 Å². The monoisotopic (exact) mass is 561 g/mol. The molecule has 10 heteroatoms. The van der Waals surface area contributed by atoms with Gasteiger partial charge in [0.25, 0.3) is 0 Å². The maximum atomic E-state index is 13.6. The van der Waals surface area contributed by atoms with Crippen molar-refractivity contribution < 1.29 is 26.3 Å². The van der Waals surface area contributed by atoms with Crippen molar-refractivity contribution >= 4 is 26.4 Å². The van der Waals surface area contributed by atoms with Crippen LogP contribution in [0.3, 0.4) is 0 Å². The van der Waals surface area contributed by atoms with Crippen LogP contribution < -0.4 is 10.1 Å². The zero-order valence-electron chi connectivity index (χ0n) is 22.6. The largest absolute Gasteiger partial charge is 0.495 e. The van der Waals surface area contributed by atoms with Gasteiger partial charge in [0.2, 0.25) is 0 Å². The number of rotatable bonds is 7. The summed E-state index contributed by atoms with van der Waals surface area (Å²) in [6.07, 6.45) is 1.02. The lowest BCUT2D eigenvalue weighted by Crippen LogP contribution is -2.36. The van der Waals surface area contributed by atoms with Gasteiger partial charge >= 0.3 is 6.18 Å². The highest BCUT2D eigenvalue weighted by Crippen LogP contribution is 2.39. The van der Waals surface area contributed by atoms with Gasteiger partial charge in [0, 0.05) is 35.2 Å². The van der Waals surface area contributed by atoms with E-state index in [-0.39, 0.29) is 17.4 Å². The highest BCUT2D eigenvalue weighted by molar-refractivity contribution is 7.90. The van der Waals surface area contributed by atoms with E-state index in [2.05, 4.69) is 36.2 Å². The number of alkyl halides is 3. The Hall–Kier alpha value is -3.16. The summed E-state index contributed by atoms with van der Waals surface area (Å²) in [6.45, 7) is -1.000. The summed E-state index contributed by atoms with van der Waals surface area (Å²) in [5.74, 6) is 6.44. The first-order chi connectivity index (χ1) is 18.4. The molecular weight excluding hydrogens is 527 g/mol. The number of hydrogen-bond acceptors (Lipinski definition) is 5. The van der Waals surface area contributed by atoms with Crippen molar-refractivity contribution in [3.8, 4) is 17.6 Å². The van der Waals surface area contributed by atoms with Crippen LogP contribution in [0.4, 0.5) is 18.9 Å². The van der Waals surface area contributed by atoms with E-state index in [0.29, 0.717) is 28.7 Å². The number of ether oxygens (including phenoxy) is 1. The van der Waals surface area contributed by atoms with Crippen molar-refractivity contribution in [2.75, 3.05) is 39.3 Å². The Morgan fingerprint density at radius 3 is 2.54 bits per heavy atom. The molecule has 1 fully saturated rings. The van der Waals surface area contributed by atoms with E-state index in [0.717, 1.165) is 42.9 Å². The molecule has 1 saturated carbocycles. The van der Waals surface area contributed by atoms with E-state index in [4.69, 9.17) is 4.74 Å². The first-order valence-electron chi connectivity index (χ1n) is 12.8. The summed E-state index contributed by atoms with van der Waals surface area (Å²) in [5.41, 5.74) is 2.43. The van der Waals surface area contributed by atoms with Gasteiger partial charge in [-0.2, -0.15) is 13.2 Å². The fraction of sp³-hybridized carbons (Fsp3) is 0.448. The van der Waals surface area contributed by atoms with Gasteiger partial charge < -0.3 is 19.5 Å². The third-order valence-electron chi connectivity index (χ3n) is 7.29. The lowest BCUT2D eigenvalue weighted by Gasteiger charge is -2.36. The molecule has 0 amide bonds. The third kappa shape index (κ3) is 6.71. The fourth-order valence-corrected chi connectivity index (χ4v) is 6.13. The Balaban J connectivity index is 1.67. The molecule has 0 aliphatic heterocycles. The Kier molecular flexibility index (Phi) is 8.52. The van der Waals surface area contributed by atoms with Gasteiger partial charge in [0.05, 0.1) is 29.9 Å². The summed E-state index contributed by atoms with van der Waals surface area (Å²) in [5, 5.41) is 3.88. The lowest BCUT2D eigenvalue weighted by molar-refractivity contribution is -0.140. The molecule has 39 heavy (non-hydrogen) atoms. The van der Waals surface area contributed by atoms with Gasteiger partial charge in [-0.3, -0.25) is 0 Å². The van der Waals surface area contributed by atoms with Crippen LogP contribution in [0.1, 0.15) is 42.9 Å². The van der Waals surface area contributed by atoms with Crippen LogP contribution >= 0.6 is 0 Å². The average molecular weight is 562 g/mol. The molecule has 1 N–H and O–H groups in total. The molecule has 0 saturated heterocycles. The predicted molar refractivity (Wildman–Crippen MR) is 148 cm³/mol. The molecule has 2 aromatic carbocycles. The lowest BCUT2D eigenvalue weighted by atomic mass is 9.78. The summed E-state index contributed by atoms with van der Waals surface area (Å²) in [4.78, 5) is 2.34. The van der Waals surface area contributed by atoms with Crippen molar-refractivity contribution in [2.24, 2.45) is 0 Å². The van der Waals surface area contributed by atoms with Crippen LogP contribution in [0.2, 0.25) is 0 Å². The number of aromatic nitrogens is 1. The summed E-state index contributed by atoms with van der Waals surface area (Å²) in [7, 11) is 2.15. The number of sulfone groups is 1. The average Bonchev–Trinajstić information content (AvgIpc) is 3.21. The Morgan fingerprint density at radius 2 is 1.87 bits per heavy atom. The Labute approximate surface area is 228 Å².